The second-order valence-corrected chi connectivity index (χ2v) is 6.36. The number of hydrogen-bond donors (Lipinski definition) is 2. The molecule has 3 N–H and O–H groups in total. The van der Waals surface area contributed by atoms with E-state index >= 15 is 0 Å². The highest BCUT2D eigenvalue weighted by Gasteiger charge is 2.25. The Labute approximate surface area is 155 Å². The van der Waals surface area contributed by atoms with Gasteiger partial charge in [-0.25, -0.2) is 0 Å². The molecule has 1 aliphatic rings. The third kappa shape index (κ3) is 5.48. The number of halogens is 1. The maximum Gasteiger partial charge on any atom is 0.223 e. The molecule has 4 nitrogen and oxygen atoms in total. The van der Waals surface area contributed by atoms with E-state index in [0.29, 0.717) is 6.54 Å². The first-order chi connectivity index (χ1) is 11.7. The summed E-state index contributed by atoms with van der Waals surface area (Å²) < 4.78 is 5.93. The van der Waals surface area contributed by atoms with Crippen LogP contribution in [0, 0.1) is 5.92 Å². The standard InChI is InChI=1S/C20H24N2O2.ClH/c21-17-9-6-8-15(13-17)20(23)22-14-16-7-4-5-12-19(16)24-18-10-2-1-3-11-18;/h1-5,7,10-12,15,17H,6,8-9,13-14,21H2,(H,22,23);1H. The molecule has 2 unspecified atom stereocenters. The lowest BCUT2D eigenvalue weighted by molar-refractivity contribution is -0.126. The van der Waals surface area contributed by atoms with Gasteiger partial charge in [-0.1, -0.05) is 42.8 Å². The fraction of sp³-hybridized carbons (Fsp3) is 0.350. The zero-order valence-electron chi connectivity index (χ0n) is 14.2. The van der Waals surface area contributed by atoms with Crippen molar-refractivity contribution in [3.63, 3.8) is 0 Å². The van der Waals surface area contributed by atoms with Crippen LogP contribution in [0.25, 0.3) is 0 Å². The number of nitrogens with two attached hydrogens (primary N) is 1. The summed E-state index contributed by atoms with van der Waals surface area (Å²) in [4.78, 5) is 12.4. The molecule has 1 amide bonds. The van der Waals surface area contributed by atoms with Crippen molar-refractivity contribution in [1.29, 1.82) is 0 Å². The Morgan fingerprint density at radius 2 is 1.80 bits per heavy atom. The molecule has 0 radical (unpaired) electrons. The van der Waals surface area contributed by atoms with Crippen LogP contribution in [0.4, 0.5) is 0 Å². The van der Waals surface area contributed by atoms with E-state index in [9.17, 15) is 4.79 Å². The van der Waals surface area contributed by atoms with E-state index in [1.165, 1.54) is 0 Å². The molecule has 0 spiro atoms. The summed E-state index contributed by atoms with van der Waals surface area (Å²) in [6.45, 7) is 0.466. The summed E-state index contributed by atoms with van der Waals surface area (Å²) in [5.74, 6) is 1.69. The second-order valence-electron chi connectivity index (χ2n) is 6.36. The molecule has 2 aromatic rings. The Morgan fingerprint density at radius 1 is 1.08 bits per heavy atom. The highest BCUT2D eigenvalue weighted by atomic mass is 35.5. The molecule has 2 atom stereocenters. The van der Waals surface area contributed by atoms with Gasteiger partial charge in [-0.3, -0.25) is 4.79 Å². The first-order valence-corrected chi connectivity index (χ1v) is 8.56. The van der Waals surface area contributed by atoms with Gasteiger partial charge >= 0.3 is 0 Å². The Bertz CT molecular complexity index is 678. The zero-order valence-corrected chi connectivity index (χ0v) is 15.0. The predicted octanol–water partition coefficient (Wildman–Crippen LogP) is 4.03. The highest BCUT2D eigenvalue weighted by molar-refractivity contribution is 5.85. The molecule has 0 heterocycles. The van der Waals surface area contributed by atoms with Gasteiger partial charge in [0.05, 0.1) is 0 Å². The summed E-state index contributed by atoms with van der Waals surface area (Å²) >= 11 is 0. The minimum Gasteiger partial charge on any atom is -0.457 e. The number of hydrogen-bond acceptors (Lipinski definition) is 3. The minimum absolute atomic E-state index is 0. The first-order valence-electron chi connectivity index (χ1n) is 8.56. The molecule has 1 aliphatic carbocycles. The third-order valence-corrected chi connectivity index (χ3v) is 4.48. The number of para-hydroxylation sites is 2. The number of rotatable bonds is 5. The number of benzene rings is 2. The van der Waals surface area contributed by atoms with Crippen LogP contribution in [0.1, 0.15) is 31.2 Å². The van der Waals surface area contributed by atoms with Crippen LogP contribution in [0.3, 0.4) is 0 Å². The van der Waals surface area contributed by atoms with E-state index in [-0.39, 0.29) is 30.3 Å². The molecular weight excluding hydrogens is 336 g/mol. The monoisotopic (exact) mass is 360 g/mol. The highest BCUT2D eigenvalue weighted by Crippen LogP contribution is 2.26. The predicted molar refractivity (Wildman–Crippen MR) is 102 cm³/mol. The van der Waals surface area contributed by atoms with E-state index in [0.717, 1.165) is 42.7 Å². The lowest BCUT2D eigenvalue weighted by Crippen LogP contribution is -2.37. The van der Waals surface area contributed by atoms with E-state index in [2.05, 4.69) is 5.32 Å². The zero-order chi connectivity index (χ0) is 16.8. The third-order valence-electron chi connectivity index (χ3n) is 4.48. The van der Waals surface area contributed by atoms with Gasteiger partial charge in [-0.15, -0.1) is 12.4 Å². The van der Waals surface area contributed by atoms with Crippen molar-refractivity contribution in [3.8, 4) is 11.5 Å². The average molecular weight is 361 g/mol. The van der Waals surface area contributed by atoms with Crippen LogP contribution in [0.5, 0.6) is 11.5 Å². The molecule has 5 heteroatoms. The summed E-state index contributed by atoms with van der Waals surface area (Å²) in [6, 6.07) is 17.6. The molecule has 0 bridgehead atoms. The minimum atomic E-state index is 0. The van der Waals surface area contributed by atoms with Crippen molar-refractivity contribution in [2.75, 3.05) is 0 Å². The van der Waals surface area contributed by atoms with Crippen molar-refractivity contribution in [1.82, 2.24) is 5.32 Å². The molecule has 1 saturated carbocycles. The van der Waals surface area contributed by atoms with Crippen molar-refractivity contribution in [2.24, 2.45) is 11.7 Å². The molecule has 0 saturated heterocycles. The van der Waals surface area contributed by atoms with Crippen LogP contribution < -0.4 is 15.8 Å². The van der Waals surface area contributed by atoms with Crippen molar-refractivity contribution < 1.29 is 9.53 Å². The van der Waals surface area contributed by atoms with Crippen LogP contribution in [0.15, 0.2) is 54.6 Å². The molecule has 25 heavy (non-hydrogen) atoms. The Balaban J connectivity index is 0.00000225. The van der Waals surface area contributed by atoms with E-state index in [1.54, 1.807) is 0 Å². The van der Waals surface area contributed by atoms with Gasteiger partial charge in [0.2, 0.25) is 5.91 Å². The van der Waals surface area contributed by atoms with E-state index in [1.807, 2.05) is 54.6 Å². The quantitative estimate of drug-likeness (QED) is 0.845. The maximum atomic E-state index is 12.4. The maximum absolute atomic E-state index is 12.4. The smallest absolute Gasteiger partial charge is 0.223 e. The molecule has 134 valence electrons. The molecule has 0 aliphatic heterocycles. The molecular formula is C20H25ClN2O2. The lowest BCUT2D eigenvalue weighted by Gasteiger charge is -2.25. The van der Waals surface area contributed by atoms with Crippen molar-refractivity contribution in [3.05, 3.63) is 60.2 Å². The largest absolute Gasteiger partial charge is 0.457 e. The number of ether oxygens (including phenoxy) is 1. The number of carbonyl (C=O) groups is 1. The van der Waals surface area contributed by atoms with Gasteiger partial charge in [0.15, 0.2) is 0 Å². The van der Waals surface area contributed by atoms with Gasteiger partial charge in [0.25, 0.3) is 0 Å². The van der Waals surface area contributed by atoms with Gasteiger partial charge < -0.3 is 15.8 Å². The number of nitrogens with one attached hydrogen (secondary N) is 1. The lowest BCUT2D eigenvalue weighted by atomic mass is 9.85. The van der Waals surface area contributed by atoms with E-state index in [4.69, 9.17) is 10.5 Å². The fourth-order valence-electron chi connectivity index (χ4n) is 3.16. The molecule has 3 rings (SSSR count). The average Bonchev–Trinajstić information content (AvgIpc) is 2.61. The summed E-state index contributed by atoms with van der Waals surface area (Å²) in [6.07, 6.45) is 3.78. The molecule has 2 aromatic carbocycles. The van der Waals surface area contributed by atoms with Crippen LogP contribution in [-0.2, 0) is 11.3 Å². The van der Waals surface area contributed by atoms with Gasteiger partial charge in [-0.05, 0) is 37.5 Å². The topological polar surface area (TPSA) is 64.4 Å². The van der Waals surface area contributed by atoms with E-state index < -0.39 is 0 Å². The normalized spacial score (nSPS) is 19.6. The van der Waals surface area contributed by atoms with Crippen molar-refractivity contribution in [2.45, 2.75) is 38.3 Å². The summed E-state index contributed by atoms with van der Waals surface area (Å²) in [5.41, 5.74) is 6.95. The Kier molecular flexibility index (Phi) is 7.29. The van der Waals surface area contributed by atoms with Crippen LogP contribution >= 0.6 is 12.4 Å². The van der Waals surface area contributed by atoms with Crippen molar-refractivity contribution >= 4 is 18.3 Å². The van der Waals surface area contributed by atoms with Crippen LogP contribution in [-0.4, -0.2) is 11.9 Å². The number of amides is 1. The SMILES string of the molecule is Cl.NC1CCCC(C(=O)NCc2ccccc2Oc2ccccc2)C1. The number of carbonyl (C=O) groups excluding carboxylic acids is 1. The van der Waals surface area contributed by atoms with Gasteiger partial charge in [0.1, 0.15) is 11.5 Å². The summed E-state index contributed by atoms with van der Waals surface area (Å²) in [5, 5.41) is 3.04. The summed E-state index contributed by atoms with van der Waals surface area (Å²) in [7, 11) is 0. The Hall–Kier alpha value is -2.04. The van der Waals surface area contributed by atoms with Gasteiger partial charge in [0, 0.05) is 24.1 Å². The van der Waals surface area contributed by atoms with Gasteiger partial charge in [-0.2, -0.15) is 0 Å². The molecule has 1 fully saturated rings. The molecule has 0 aromatic heterocycles. The second kappa shape index (κ2) is 9.44. The first kappa shape index (κ1) is 19.3. The Morgan fingerprint density at radius 3 is 2.56 bits per heavy atom. The fourth-order valence-corrected chi connectivity index (χ4v) is 3.16. The van der Waals surface area contributed by atoms with Crippen LogP contribution in [0.2, 0.25) is 0 Å².